The summed E-state index contributed by atoms with van der Waals surface area (Å²) in [7, 11) is 0. The van der Waals surface area contributed by atoms with Crippen LogP contribution in [0.3, 0.4) is 0 Å². The highest BCUT2D eigenvalue weighted by Gasteiger charge is 2.41. The van der Waals surface area contributed by atoms with Gasteiger partial charge in [-0.1, -0.05) is 80.4 Å². The molecule has 0 saturated heterocycles. The number of benzene rings is 2. The summed E-state index contributed by atoms with van der Waals surface area (Å²) in [6.45, 7) is 7.12. The van der Waals surface area contributed by atoms with Gasteiger partial charge in [0.05, 0.1) is 0 Å². The fourth-order valence-electron chi connectivity index (χ4n) is 5.03. The summed E-state index contributed by atoms with van der Waals surface area (Å²) >= 11 is 12.3. The zero-order chi connectivity index (χ0) is 24.8. The Morgan fingerprint density at radius 1 is 0.882 bits per heavy atom. The van der Waals surface area contributed by atoms with Crippen LogP contribution in [0.2, 0.25) is 10.0 Å². The summed E-state index contributed by atoms with van der Waals surface area (Å²) in [5.41, 5.74) is 1.51. The summed E-state index contributed by atoms with van der Waals surface area (Å²) in [4.78, 5) is 25.1. The standard InChI is InChI=1S/C28H32Cl2N2O2/c1-27(2)16-22(32-26(34)15-13-21-9-5-7-11-24(21)30)17-28(3,18-27)19-31-25(33)14-12-20-8-4-6-10-23(20)29/h4-15,22H,16-19H2,1-3H3,(H,31,33)(H,32,34)/b14-12+,15-13+. The monoisotopic (exact) mass is 498 g/mol. The van der Waals surface area contributed by atoms with E-state index in [2.05, 4.69) is 31.4 Å². The second-order valence-electron chi connectivity index (χ2n) is 10.2. The fraction of sp³-hybridized carbons (Fsp3) is 0.357. The fourth-order valence-corrected chi connectivity index (χ4v) is 5.43. The van der Waals surface area contributed by atoms with Crippen LogP contribution in [0.1, 0.15) is 51.2 Å². The van der Waals surface area contributed by atoms with E-state index in [1.807, 2.05) is 36.4 Å². The van der Waals surface area contributed by atoms with Crippen LogP contribution >= 0.6 is 23.2 Å². The van der Waals surface area contributed by atoms with Gasteiger partial charge < -0.3 is 10.6 Å². The quantitative estimate of drug-likeness (QED) is 0.425. The van der Waals surface area contributed by atoms with E-state index >= 15 is 0 Å². The first kappa shape index (κ1) is 26.1. The third kappa shape index (κ3) is 7.75. The van der Waals surface area contributed by atoms with E-state index in [1.54, 1.807) is 24.3 Å². The molecule has 1 aliphatic rings. The molecule has 3 rings (SSSR count). The SMILES string of the molecule is CC1(C)CC(NC(=O)/C=C/c2ccccc2Cl)CC(C)(CNC(=O)/C=C/c2ccccc2Cl)C1. The Balaban J connectivity index is 1.58. The summed E-state index contributed by atoms with van der Waals surface area (Å²) in [5.74, 6) is -0.301. The maximum atomic E-state index is 12.6. The first-order valence-corrected chi connectivity index (χ1v) is 12.2. The number of hydrogen-bond acceptors (Lipinski definition) is 2. The molecule has 1 aliphatic carbocycles. The molecule has 1 fully saturated rings. The molecule has 0 bridgehead atoms. The van der Waals surface area contributed by atoms with Gasteiger partial charge in [0.15, 0.2) is 0 Å². The Hall–Kier alpha value is -2.56. The van der Waals surface area contributed by atoms with E-state index in [-0.39, 0.29) is 28.7 Å². The number of halogens is 2. The molecule has 4 nitrogen and oxygen atoms in total. The zero-order valence-corrected chi connectivity index (χ0v) is 21.4. The van der Waals surface area contributed by atoms with Gasteiger partial charge in [-0.3, -0.25) is 9.59 Å². The minimum Gasteiger partial charge on any atom is -0.352 e. The van der Waals surface area contributed by atoms with E-state index in [0.717, 1.165) is 30.4 Å². The molecule has 2 N–H and O–H groups in total. The molecule has 2 aromatic carbocycles. The third-order valence-corrected chi connectivity index (χ3v) is 6.81. The molecule has 2 unspecified atom stereocenters. The first-order chi connectivity index (χ1) is 16.1. The Morgan fingerprint density at radius 3 is 1.97 bits per heavy atom. The molecule has 1 saturated carbocycles. The molecule has 0 radical (unpaired) electrons. The van der Waals surface area contributed by atoms with Crippen molar-refractivity contribution in [3.05, 3.63) is 81.9 Å². The number of rotatable bonds is 7. The van der Waals surface area contributed by atoms with Gasteiger partial charge in [0, 0.05) is 34.8 Å². The largest absolute Gasteiger partial charge is 0.352 e. The maximum absolute atomic E-state index is 12.6. The number of carbonyl (C=O) groups is 2. The van der Waals surface area contributed by atoms with Crippen LogP contribution in [0.15, 0.2) is 60.7 Å². The molecular formula is C28H32Cl2N2O2. The van der Waals surface area contributed by atoms with Crippen molar-refractivity contribution in [3.63, 3.8) is 0 Å². The van der Waals surface area contributed by atoms with Crippen molar-refractivity contribution in [2.75, 3.05) is 6.54 Å². The van der Waals surface area contributed by atoms with Gasteiger partial charge in [-0.2, -0.15) is 0 Å². The summed E-state index contributed by atoms with van der Waals surface area (Å²) in [6, 6.07) is 14.8. The third-order valence-electron chi connectivity index (χ3n) is 6.12. The normalized spacial score (nSPS) is 22.1. The summed E-state index contributed by atoms with van der Waals surface area (Å²) in [5, 5.41) is 7.40. The molecule has 0 aliphatic heterocycles. The number of carbonyl (C=O) groups excluding carboxylic acids is 2. The smallest absolute Gasteiger partial charge is 0.244 e. The van der Waals surface area contributed by atoms with Crippen LogP contribution in [0, 0.1) is 10.8 Å². The van der Waals surface area contributed by atoms with Crippen molar-refractivity contribution in [2.45, 2.75) is 46.1 Å². The topological polar surface area (TPSA) is 58.2 Å². The molecule has 0 spiro atoms. The van der Waals surface area contributed by atoms with E-state index < -0.39 is 0 Å². The maximum Gasteiger partial charge on any atom is 0.244 e. The number of amides is 2. The molecule has 0 heterocycles. The van der Waals surface area contributed by atoms with Gasteiger partial charge in [0.25, 0.3) is 0 Å². The highest BCUT2D eigenvalue weighted by molar-refractivity contribution is 6.32. The predicted molar refractivity (Wildman–Crippen MR) is 142 cm³/mol. The van der Waals surface area contributed by atoms with Crippen LogP contribution < -0.4 is 10.6 Å². The lowest BCUT2D eigenvalue weighted by Crippen LogP contribution is -2.50. The summed E-state index contributed by atoms with van der Waals surface area (Å²) < 4.78 is 0. The van der Waals surface area contributed by atoms with Crippen LogP contribution in [0.4, 0.5) is 0 Å². The Kier molecular flexibility index (Phi) is 8.62. The predicted octanol–water partition coefficient (Wildman–Crippen LogP) is 6.54. The van der Waals surface area contributed by atoms with Crippen molar-refractivity contribution >= 4 is 47.2 Å². The van der Waals surface area contributed by atoms with Crippen LogP contribution in [-0.4, -0.2) is 24.4 Å². The van der Waals surface area contributed by atoms with Gasteiger partial charge in [0.1, 0.15) is 0 Å². The van der Waals surface area contributed by atoms with E-state index in [1.165, 1.54) is 12.2 Å². The first-order valence-electron chi connectivity index (χ1n) is 11.5. The van der Waals surface area contributed by atoms with Crippen LogP contribution in [-0.2, 0) is 9.59 Å². The molecule has 2 amide bonds. The number of nitrogens with one attached hydrogen (secondary N) is 2. The van der Waals surface area contributed by atoms with Crippen molar-refractivity contribution in [1.29, 1.82) is 0 Å². The van der Waals surface area contributed by atoms with Crippen LogP contribution in [0.5, 0.6) is 0 Å². The Bertz CT molecular complexity index is 1090. The average Bonchev–Trinajstić information content (AvgIpc) is 2.75. The molecule has 6 heteroatoms. The minimum absolute atomic E-state index is 0.0210. The minimum atomic E-state index is -0.159. The highest BCUT2D eigenvalue weighted by atomic mass is 35.5. The van der Waals surface area contributed by atoms with Crippen molar-refractivity contribution < 1.29 is 9.59 Å². The Labute approximate surface area is 212 Å². The van der Waals surface area contributed by atoms with Gasteiger partial charge in [-0.05, 0) is 65.5 Å². The molecule has 2 aromatic rings. The lowest BCUT2D eigenvalue weighted by molar-refractivity contribution is -0.119. The van der Waals surface area contributed by atoms with Crippen molar-refractivity contribution in [1.82, 2.24) is 10.6 Å². The lowest BCUT2D eigenvalue weighted by Gasteiger charge is -2.46. The number of hydrogen-bond donors (Lipinski definition) is 2. The van der Waals surface area contributed by atoms with Gasteiger partial charge in [-0.15, -0.1) is 0 Å². The van der Waals surface area contributed by atoms with Gasteiger partial charge >= 0.3 is 0 Å². The van der Waals surface area contributed by atoms with Gasteiger partial charge in [-0.25, -0.2) is 0 Å². The zero-order valence-electron chi connectivity index (χ0n) is 19.9. The van der Waals surface area contributed by atoms with E-state index in [9.17, 15) is 9.59 Å². The Morgan fingerprint density at radius 2 is 1.41 bits per heavy atom. The molecule has 34 heavy (non-hydrogen) atoms. The van der Waals surface area contributed by atoms with Gasteiger partial charge in [0.2, 0.25) is 11.8 Å². The lowest BCUT2D eigenvalue weighted by atomic mass is 9.62. The average molecular weight is 499 g/mol. The second-order valence-corrected chi connectivity index (χ2v) is 11.0. The molecular weight excluding hydrogens is 467 g/mol. The summed E-state index contributed by atoms with van der Waals surface area (Å²) in [6.07, 6.45) is 9.12. The highest BCUT2D eigenvalue weighted by Crippen LogP contribution is 2.45. The molecule has 0 aromatic heterocycles. The van der Waals surface area contributed by atoms with E-state index in [0.29, 0.717) is 16.6 Å². The second kappa shape index (κ2) is 11.2. The van der Waals surface area contributed by atoms with Crippen molar-refractivity contribution in [2.24, 2.45) is 10.8 Å². The van der Waals surface area contributed by atoms with E-state index in [4.69, 9.17) is 23.2 Å². The van der Waals surface area contributed by atoms with Crippen LogP contribution in [0.25, 0.3) is 12.2 Å². The molecule has 180 valence electrons. The molecule has 2 atom stereocenters. The van der Waals surface area contributed by atoms with Crippen molar-refractivity contribution in [3.8, 4) is 0 Å².